The second kappa shape index (κ2) is 8.39. The summed E-state index contributed by atoms with van der Waals surface area (Å²) in [7, 11) is 0. The highest BCUT2D eigenvalue weighted by Gasteiger charge is 2.11. The molecular formula is C18H23NO. The van der Waals surface area contributed by atoms with Crippen molar-refractivity contribution in [3.05, 3.63) is 66.2 Å². The number of rotatable bonds is 8. The van der Waals surface area contributed by atoms with Crippen molar-refractivity contribution in [3.63, 3.8) is 0 Å². The molecule has 0 aliphatic heterocycles. The van der Waals surface area contributed by atoms with Gasteiger partial charge in [0.15, 0.2) is 0 Å². The summed E-state index contributed by atoms with van der Waals surface area (Å²) in [4.78, 5) is 0. The van der Waals surface area contributed by atoms with Gasteiger partial charge in [-0.15, -0.1) is 0 Å². The van der Waals surface area contributed by atoms with E-state index in [9.17, 15) is 0 Å². The third-order valence-corrected chi connectivity index (χ3v) is 3.38. The Hall–Kier alpha value is -1.80. The molecule has 2 aromatic carbocycles. The summed E-state index contributed by atoms with van der Waals surface area (Å²) >= 11 is 0. The van der Waals surface area contributed by atoms with Crippen LogP contribution >= 0.6 is 0 Å². The van der Waals surface area contributed by atoms with Gasteiger partial charge in [-0.05, 0) is 37.2 Å². The van der Waals surface area contributed by atoms with Gasteiger partial charge in [-0.1, -0.05) is 55.5 Å². The molecule has 0 spiro atoms. The minimum atomic E-state index is 0.426. The Bertz CT molecular complexity index is 469. The molecule has 0 unspecified atom stereocenters. The lowest BCUT2D eigenvalue weighted by molar-refractivity contribution is 0.280. The van der Waals surface area contributed by atoms with Crippen LogP contribution in [0.4, 0.5) is 0 Å². The van der Waals surface area contributed by atoms with Crippen LogP contribution in [0, 0.1) is 0 Å². The summed E-state index contributed by atoms with van der Waals surface area (Å²) in [6, 6.07) is 20.7. The average molecular weight is 269 g/mol. The molecule has 0 heterocycles. The Morgan fingerprint density at radius 2 is 1.60 bits per heavy atom. The lowest BCUT2D eigenvalue weighted by Gasteiger charge is -2.18. The number of hydrogen-bond acceptors (Lipinski definition) is 2. The zero-order valence-electron chi connectivity index (χ0n) is 12.1. The van der Waals surface area contributed by atoms with Gasteiger partial charge in [0.25, 0.3) is 0 Å². The Morgan fingerprint density at radius 1 is 0.950 bits per heavy atom. The van der Waals surface area contributed by atoms with Crippen molar-refractivity contribution in [3.8, 4) is 5.75 Å². The van der Waals surface area contributed by atoms with Gasteiger partial charge < -0.3 is 10.1 Å². The predicted molar refractivity (Wildman–Crippen MR) is 84.3 cm³/mol. The molecule has 1 N–H and O–H groups in total. The van der Waals surface area contributed by atoms with E-state index in [-0.39, 0.29) is 0 Å². The quantitative estimate of drug-likeness (QED) is 0.735. The molecule has 2 nitrogen and oxygen atoms in total. The van der Waals surface area contributed by atoms with E-state index in [1.165, 1.54) is 5.56 Å². The molecule has 0 aliphatic rings. The van der Waals surface area contributed by atoms with Gasteiger partial charge in [-0.3, -0.25) is 0 Å². The van der Waals surface area contributed by atoms with Gasteiger partial charge in [0, 0.05) is 5.92 Å². The molecule has 1 atom stereocenters. The maximum absolute atomic E-state index is 5.93. The first-order valence-electron chi connectivity index (χ1n) is 7.33. The Balaban J connectivity index is 1.95. The summed E-state index contributed by atoms with van der Waals surface area (Å²) < 4.78 is 5.93. The van der Waals surface area contributed by atoms with Crippen molar-refractivity contribution in [1.29, 1.82) is 0 Å². The third-order valence-electron chi connectivity index (χ3n) is 3.38. The Labute approximate surface area is 121 Å². The fourth-order valence-corrected chi connectivity index (χ4v) is 2.24. The largest absolute Gasteiger partial charge is 0.493 e. The first-order chi connectivity index (χ1) is 9.90. The molecule has 0 aromatic heterocycles. The van der Waals surface area contributed by atoms with Crippen LogP contribution in [0.3, 0.4) is 0 Å². The number of nitrogens with one attached hydrogen (secondary N) is 1. The van der Waals surface area contributed by atoms with Gasteiger partial charge in [-0.25, -0.2) is 0 Å². The summed E-state index contributed by atoms with van der Waals surface area (Å²) in [5.74, 6) is 1.37. The lowest BCUT2D eigenvalue weighted by atomic mass is 9.96. The van der Waals surface area contributed by atoms with E-state index < -0.39 is 0 Å². The number of para-hydroxylation sites is 1. The maximum atomic E-state index is 5.93. The van der Waals surface area contributed by atoms with E-state index in [2.05, 4.69) is 42.6 Å². The van der Waals surface area contributed by atoms with Crippen molar-refractivity contribution in [1.82, 2.24) is 5.32 Å². The first-order valence-corrected chi connectivity index (χ1v) is 7.33. The van der Waals surface area contributed by atoms with Crippen molar-refractivity contribution in [2.75, 3.05) is 19.7 Å². The minimum Gasteiger partial charge on any atom is -0.493 e. The second-order valence-electron chi connectivity index (χ2n) is 4.87. The Kier molecular flexibility index (Phi) is 6.12. The maximum Gasteiger partial charge on any atom is 0.119 e. The molecule has 0 aliphatic carbocycles. The molecule has 0 fully saturated rings. The molecular weight excluding hydrogens is 246 g/mol. The van der Waals surface area contributed by atoms with Crippen molar-refractivity contribution >= 4 is 0 Å². The molecule has 0 amide bonds. The van der Waals surface area contributed by atoms with Crippen LogP contribution in [-0.2, 0) is 0 Å². The summed E-state index contributed by atoms with van der Waals surface area (Å²) in [5.41, 5.74) is 1.35. The van der Waals surface area contributed by atoms with Crippen LogP contribution in [0.15, 0.2) is 60.7 Å². The van der Waals surface area contributed by atoms with E-state index in [4.69, 9.17) is 4.74 Å². The summed E-state index contributed by atoms with van der Waals surface area (Å²) in [6.07, 6.45) is 1.09. The SMILES string of the molecule is CCNCC[C@@H](COc1ccccc1)c1ccccc1. The van der Waals surface area contributed by atoms with Crippen molar-refractivity contribution in [2.45, 2.75) is 19.3 Å². The monoisotopic (exact) mass is 269 g/mol. The highest BCUT2D eigenvalue weighted by Crippen LogP contribution is 2.21. The van der Waals surface area contributed by atoms with Gasteiger partial charge >= 0.3 is 0 Å². The van der Waals surface area contributed by atoms with Crippen LogP contribution < -0.4 is 10.1 Å². The smallest absolute Gasteiger partial charge is 0.119 e. The van der Waals surface area contributed by atoms with Gasteiger partial charge in [0.05, 0.1) is 6.61 Å². The third kappa shape index (κ3) is 4.71. The predicted octanol–water partition coefficient (Wildman–Crippen LogP) is 3.85. The van der Waals surface area contributed by atoms with E-state index in [1.54, 1.807) is 0 Å². The van der Waals surface area contributed by atoms with E-state index in [0.29, 0.717) is 5.92 Å². The zero-order valence-corrected chi connectivity index (χ0v) is 12.1. The van der Waals surface area contributed by atoms with Gasteiger partial charge in [-0.2, -0.15) is 0 Å². The Morgan fingerprint density at radius 3 is 2.25 bits per heavy atom. The van der Waals surface area contributed by atoms with Crippen LogP contribution in [0.1, 0.15) is 24.8 Å². The molecule has 0 saturated carbocycles. The second-order valence-corrected chi connectivity index (χ2v) is 4.87. The fraction of sp³-hybridized carbons (Fsp3) is 0.333. The van der Waals surface area contributed by atoms with E-state index >= 15 is 0 Å². The zero-order chi connectivity index (χ0) is 14.0. The average Bonchev–Trinajstić information content (AvgIpc) is 2.52. The molecule has 2 aromatic rings. The molecule has 0 saturated heterocycles. The number of ether oxygens (including phenoxy) is 1. The van der Waals surface area contributed by atoms with Gasteiger partial charge in [0.1, 0.15) is 5.75 Å². The number of hydrogen-bond donors (Lipinski definition) is 1. The van der Waals surface area contributed by atoms with Crippen molar-refractivity contribution < 1.29 is 4.74 Å². The number of benzene rings is 2. The summed E-state index contributed by atoms with van der Waals surface area (Å²) in [5, 5.41) is 3.39. The highest BCUT2D eigenvalue weighted by molar-refractivity contribution is 5.23. The highest BCUT2D eigenvalue weighted by atomic mass is 16.5. The van der Waals surface area contributed by atoms with E-state index in [1.807, 2.05) is 30.3 Å². The topological polar surface area (TPSA) is 21.3 Å². The minimum absolute atomic E-state index is 0.426. The normalized spacial score (nSPS) is 12.1. The lowest BCUT2D eigenvalue weighted by Crippen LogP contribution is -2.20. The van der Waals surface area contributed by atoms with Crippen LogP contribution in [0.5, 0.6) is 5.75 Å². The van der Waals surface area contributed by atoms with Crippen LogP contribution in [0.2, 0.25) is 0 Å². The van der Waals surface area contributed by atoms with E-state index in [0.717, 1.165) is 31.9 Å². The standard InChI is InChI=1S/C18H23NO/c1-2-19-14-13-17(16-9-5-3-6-10-16)15-20-18-11-7-4-8-12-18/h3-12,17,19H,2,13-15H2,1H3/t17-/m0/s1. The summed E-state index contributed by atoms with van der Waals surface area (Å²) in [6.45, 7) is 4.90. The molecule has 20 heavy (non-hydrogen) atoms. The fourth-order valence-electron chi connectivity index (χ4n) is 2.24. The molecule has 0 bridgehead atoms. The van der Waals surface area contributed by atoms with Crippen LogP contribution in [-0.4, -0.2) is 19.7 Å². The molecule has 106 valence electrons. The molecule has 2 rings (SSSR count). The molecule has 2 heteroatoms. The van der Waals surface area contributed by atoms with Crippen LogP contribution in [0.25, 0.3) is 0 Å². The first kappa shape index (κ1) is 14.6. The van der Waals surface area contributed by atoms with Gasteiger partial charge in [0.2, 0.25) is 0 Å². The van der Waals surface area contributed by atoms with Crippen molar-refractivity contribution in [2.24, 2.45) is 0 Å². The molecule has 0 radical (unpaired) electrons.